The van der Waals surface area contributed by atoms with Crippen LogP contribution in [0.15, 0.2) is 36.8 Å². The van der Waals surface area contributed by atoms with Gasteiger partial charge in [-0.2, -0.15) is 10.2 Å². The Balaban J connectivity index is 2.14. The number of pyridine rings is 1. The topological polar surface area (TPSA) is 70.4 Å². The van der Waals surface area contributed by atoms with Crippen LogP contribution in [0.2, 0.25) is 0 Å². The molecule has 0 bridgehead atoms. The zero-order chi connectivity index (χ0) is 15.0. The van der Waals surface area contributed by atoms with E-state index in [-0.39, 0.29) is 12.1 Å². The van der Waals surface area contributed by atoms with E-state index in [0.29, 0.717) is 5.75 Å². The van der Waals surface area contributed by atoms with Crippen LogP contribution in [0.3, 0.4) is 0 Å². The number of ether oxygens (including phenoxy) is 1. The SMILES string of the molecule is COc1cnn(C(C)C)c1C(N)c1cnn2ccccc12. The molecule has 3 aromatic rings. The second-order valence-electron chi connectivity index (χ2n) is 5.24. The second-order valence-corrected chi connectivity index (χ2v) is 5.24. The van der Waals surface area contributed by atoms with Crippen molar-refractivity contribution in [2.24, 2.45) is 5.73 Å². The van der Waals surface area contributed by atoms with E-state index in [1.165, 1.54) is 0 Å². The number of hydrogen-bond acceptors (Lipinski definition) is 4. The monoisotopic (exact) mass is 285 g/mol. The summed E-state index contributed by atoms with van der Waals surface area (Å²) in [5.41, 5.74) is 9.30. The van der Waals surface area contributed by atoms with Crippen molar-refractivity contribution < 1.29 is 4.74 Å². The number of nitrogens with two attached hydrogens (primary N) is 1. The molecule has 1 atom stereocenters. The molecule has 3 aromatic heterocycles. The Hall–Kier alpha value is -2.34. The van der Waals surface area contributed by atoms with Crippen molar-refractivity contribution in [1.82, 2.24) is 19.4 Å². The summed E-state index contributed by atoms with van der Waals surface area (Å²) in [6, 6.07) is 5.78. The molecule has 3 rings (SSSR count). The van der Waals surface area contributed by atoms with E-state index >= 15 is 0 Å². The van der Waals surface area contributed by atoms with Crippen molar-refractivity contribution in [3.05, 3.63) is 48.0 Å². The maximum atomic E-state index is 6.49. The van der Waals surface area contributed by atoms with Gasteiger partial charge >= 0.3 is 0 Å². The number of rotatable bonds is 4. The van der Waals surface area contributed by atoms with E-state index in [2.05, 4.69) is 24.0 Å². The number of hydrogen-bond donors (Lipinski definition) is 1. The fourth-order valence-electron chi connectivity index (χ4n) is 2.56. The molecule has 110 valence electrons. The lowest BCUT2D eigenvalue weighted by molar-refractivity contribution is 0.401. The molecule has 0 saturated carbocycles. The minimum Gasteiger partial charge on any atom is -0.493 e. The van der Waals surface area contributed by atoms with Crippen LogP contribution in [0.5, 0.6) is 5.75 Å². The van der Waals surface area contributed by atoms with Crippen molar-refractivity contribution in [3.63, 3.8) is 0 Å². The van der Waals surface area contributed by atoms with Gasteiger partial charge in [0.1, 0.15) is 5.69 Å². The van der Waals surface area contributed by atoms with Gasteiger partial charge in [-0.15, -0.1) is 0 Å². The first kappa shape index (κ1) is 13.6. The van der Waals surface area contributed by atoms with Crippen molar-refractivity contribution in [2.75, 3.05) is 7.11 Å². The Morgan fingerprint density at radius 1 is 1.19 bits per heavy atom. The Labute approximate surface area is 123 Å². The Morgan fingerprint density at radius 3 is 2.71 bits per heavy atom. The highest BCUT2D eigenvalue weighted by Crippen LogP contribution is 2.31. The zero-order valence-corrected chi connectivity index (χ0v) is 12.4. The largest absolute Gasteiger partial charge is 0.493 e. The van der Waals surface area contributed by atoms with Gasteiger partial charge in [-0.3, -0.25) is 4.68 Å². The average Bonchev–Trinajstić information content (AvgIpc) is 3.10. The van der Waals surface area contributed by atoms with Crippen LogP contribution in [0.1, 0.15) is 37.2 Å². The number of fused-ring (bicyclic) bond motifs is 1. The molecule has 21 heavy (non-hydrogen) atoms. The summed E-state index contributed by atoms with van der Waals surface area (Å²) in [5, 5.41) is 8.73. The van der Waals surface area contributed by atoms with Gasteiger partial charge in [0.15, 0.2) is 5.75 Å². The van der Waals surface area contributed by atoms with Crippen LogP contribution in [0.4, 0.5) is 0 Å². The fourth-order valence-corrected chi connectivity index (χ4v) is 2.56. The zero-order valence-electron chi connectivity index (χ0n) is 12.4. The highest BCUT2D eigenvalue weighted by atomic mass is 16.5. The molecular formula is C15H19N5O. The molecule has 0 spiro atoms. The number of aromatic nitrogens is 4. The van der Waals surface area contributed by atoms with Gasteiger partial charge in [-0.1, -0.05) is 6.07 Å². The fraction of sp³-hybridized carbons (Fsp3) is 0.333. The molecule has 0 aromatic carbocycles. The van der Waals surface area contributed by atoms with Crippen LogP contribution in [-0.4, -0.2) is 26.5 Å². The van der Waals surface area contributed by atoms with Crippen molar-refractivity contribution >= 4 is 5.52 Å². The molecule has 0 aliphatic heterocycles. The minimum absolute atomic E-state index is 0.205. The van der Waals surface area contributed by atoms with Crippen LogP contribution < -0.4 is 10.5 Å². The molecular weight excluding hydrogens is 266 g/mol. The number of methoxy groups -OCH3 is 1. The van der Waals surface area contributed by atoms with Crippen molar-refractivity contribution in [3.8, 4) is 5.75 Å². The van der Waals surface area contributed by atoms with Crippen LogP contribution in [-0.2, 0) is 0 Å². The molecule has 0 saturated heterocycles. The third-order valence-corrected chi connectivity index (χ3v) is 3.59. The first-order chi connectivity index (χ1) is 10.1. The normalized spacial score (nSPS) is 13.0. The van der Waals surface area contributed by atoms with E-state index in [1.54, 1.807) is 19.5 Å². The third-order valence-electron chi connectivity index (χ3n) is 3.59. The smallest absolute Gasteiger partial charge is 0.161 e. The molecule has 2 N–H and O–H groups in total. The molecule has 3 heterocycles. The molecule has 6 heteroatoms. The second kappa shape index (κ2) is 5.21. The predicted octanol–water partition coefficient (Wildman–Crippen LogP) is 2.17. The van der Waals surface area contributed by atoms with Crippen molar-refractivity contribution in [2.45, 2.75) is 25.9 Å². The summed E-state index contributed by atoms with van der Waals surface area (Å²) in [5.74, 6) is 0.700. The van der Waals surface area contributed by atoms with Gasteiger partial charge < -0.3 is 10.5 Å². The Bertz CT molecular complexity index is 758. The number of nitrogens with zero attached hydrogens (tertiary/aromatic N) is 4. The van der Waals surface area contributed by atoms with Gasteiger partial charge in [-0.25, -0.2) is 4.52 Å². The summed E-state index contributed by atoms with van der Waals surface area (Å²) in [6.45, 7) is 4.14. The molecule has 0 amide bonds. The Morgan fingerprint density at radius 2 is 2.00 bits per heavy atom. The van der Waals surface area contributed by atoms with Crippen LogP contribution in [0.25, 0.3) is 5.52 Å². The molecule has 6 nitrogen and oxygen atoms in total. The average molecular weight is 285 g/mol. The van der Waals surface area contributed by atoms with Gasteiger partial charge in [0, 0.05) is 17.8 Å². The quantitative estimate of drug-likeness (QED) is 0.797. The standard InChI is InChI=1S/C15H19N5O/c1-10(2)20-15(13(21-3)9-18-20)14(16)11-8-17-19-7-5-4-6-12(11)19/h4-10,14H,16H2,1-3H3. The summed E-state index contributed by atoms with van der Waals surface area (Å²) in [6.07, 6.45) is 5.42. The summed E-state index contributed by atoms with van der Waals surface area (Å²) in [7, 11) is 1.63. The predicted molar refractivity (Wildman–Crippen MR) is 80.4 cm³/mol. The van der Waals surface area contributed by atoms with Gasteiger partial charge in [-0.05, 0) is 26.0 Å². The lowest BCUT2D eigenvalue weighted by atomic mass is 10.1. The van der Waals surface area contributed by atoms with Crippen molar-refractivity contribution in [1.29, 1.82) is 0 Å². The maximum Gasteiger partial charge on any atom is 0.161 e. The Kier molecular flexibility index (Phi) is 3.39. The van der Waals surface area contributed by atoms with Crippen LogP contribution in [0, 0.1) is 0 Å². The minimum atomic E-state index is -0.343. The first-order valence-corrected chi connectivity index (χ1v) is 6.92. The molecule has 0 fully saturated rings. The molecule has 1 unspecified atom stereocenters. The van der Waals surface area contributed by atoms with Gasteiger partial charge in [0.05, 0.1) is 31.1 Å². The summed E-state index contributed by atoms with van der Waals surface area (Å²) < 4.78 is 9.13. The van der Waals surface area contributed by atoms with E-state index in [9.17, 15) is 0 Å². The summed E-state index contributed by atoms with van der Waals surface area (Å²) >= 11 is 0. The first-order valence-electron chi connectivity index (χ1n) is 6.92. The lowest BCUT2D eigenvalue weighted by Crippen LogP contribution is -2.19. The van der Waals surface area contributed by atoms with E-state index < -0.39 is 0 Å². The maximum absolute atomic E-state index is 6.49. The lowest BCUT2D eigenvalue weighted by Gasteiger charge is -2.17. The molecule has 0 aliphatic rings. The van der Waals surface area contributed by atoms with Gasteiger partial charge in [0.2, 0.25) is 0 Å². The van der Waals surface area contributed by atoms with Crippen LogP contribution >= 0.6 is 0 Å². The van der Waals surface area contributed by atoms with E-state index in [1.807, 2.05) is 33.6 Å². The van der Waals surface area contributed by atoms with E-state index in [0.717, 1.165) is 16.8 Å². The third kappa shape index (κ3) is 2.17. The molecule has 0 aliphatic carbocycles. The molecule has 0 radical (unpaired) electrons. The van der Waals surface area contributed by atoms with Gasteiger partial charge in [0.25, 0.3) is 0 Å². The van der Waals surface area contributed by atoms with E-state index in [4.69, 9.17) is 10.5 Å². The highest BCUT2D eigenvalue weighted by molar-refractivity contribution is 5.57. The summed E-state index contributed by atoms with van der Waals surface area (Å²) in [4.78, 5) is 0. The highest BCUT2D eigenvalue weighted by Gasteiger charge is 2.24.